The van der Waals surface area contributed by atoms with Crippen molar-refractivity contribution >= 4 is 15.8 Å². The summed E-state index contributed by atoms with van der Waals surface area (Å²) >= 11 is 0. The van der Waals surface area contributed by atoms with E-state index in [2.05, 4.69) is 4.74 Å². The maximum Gasteiger partial charge on any atom is 0.308 e. The number of rotatable bonds is 3. The highest BCUT2D eigenvalue weighted by molar-refractivity contribution is 7.92. The van der Waals surface area contributed by atoms with Crippen LogP contribution in [0.5, 0.6) is 0 Å². The second-order valence-corrected chi connectivity index (χ2v) is 6.98. The van der Waals surface area contributed by atoms with Crippen LogP contribution in [0.1, 0.15) is 25.7 Å². The van der Waals surface area contributed by atoms with Gasteiger partial charge in [-0.15, -0.1) is 0 Å². The van der Waals surface area contributed by atoms with E-state index in [0.29, 0.717) is 12.8 Å². The van der Waals surface area contributed by atoms with Gasteiger partial charge in [0.25, 0.3) is 0 Å². The molecule has 7 heteroatoms. The zero-order chi connectivity index (χ0) is 13.2. The fourth-order valence-corrected chi connectivity index (χ4v) is 4.24. The molecule has 104 valence electrons. The van der Waals surface area contributed by atoms with Crippen molar-refractivity contribution in [2.75, 3.05) is 19.5 Å². The van der Waals surface area contributed by atoms with Gasteiger partial charge in [0, 0.05) is 0 Å². The molecular formula is C11H18O6S. The van der Waals surface area contributed by atoms with Crippen LogP contribution in [0.25, 0.3) is 0 Å². The summed E-state index contributed by atoms with van der Waals surface area (Å²) in [5.41, 5.74) is 0. The summed E-state index contributed by atoms with van der Waals surface area (Å²) in [5, 5.41) is -0.589. The summed E-state index contributed by atoms with van der Waals surface area (Å²) in [6.07, 6.45) is 1.11. The summed E-state index contributed by atoms with van der Waals surface area (Å²) in [6.45, 7) is 0.242. The van der Waals surface area contributed by atoms with Gasteiger partial charge >= 0.3 is 5.97 Å². The van der Waals surface area contributed by atoms with E-state index in [-0.39, 0.29) is 24.7 Å². The number of hydrogen-bond donors (Lipinski definition) is 0. The third kappa shape index (κ3) is 3.02. The number of methoxy groups -OCH3 is 1. The summed E-state index contributed by atoms with van der Waals surface area (Å²) < 4.78 is 39.2. The number of carbonyl (C=O) groups is 1. The van der Waals surface area contributed by atoms with Crippen LogP contribution < -0.4 is 0 Å². The van der Waals surface area contributed by atoms with Gasteiger partial charge < -0.3 is 14.2 Å². The number of carbonyl (C=O) groups excluding carboxylic acids is 1. The van der Waals surface area contributed by atoms with E-state index in [0.717, 1.165) is 6.42 Å². The quantitative estimate of drug-likeness (QED) is 0.689. The molecule has 0 aromatic carbocycles. The van der Waals surface area contributed by atoms with Crippen molar-refractivity contribution in [3.8, 4) is 0 Å². The molecule has 0 N–H and O–H groups in total. The molecule has 0 aliphatic carbocycles. The number of ether oxygens (including phenoxy) is 3. The lowest BCUT2D eigenvalue weighted by Gasteiger charge is -2.26. The summed E-state index contributed by atoms with van der Waals surface area (Å²) in [5.74, 6) is -0.182. The van der Waals surface area contributed by atoms with Gasteiger partial charge in [0.15, 0.2) is 16.1 Å². The lowest BCUT2D eigenvalue weighted by atomic mass is 10.2. The zero-order valence-corrected chi connectivity index (χ0v) is 11.1. The van der Waals surface area contributed by atoms with Gasteiger partial charge in [0.2, 0.25) is 0 Å². The Balaban J connectivity index is 1.94. The fraction of sp³-hybridized carbons (Fsp3) is 0.909. The van der Waals surface area contributed by atoms with Gasteiger partial charge in [-0.05, 0) is 12.8 Å². The first-order valence-corrected chi connectivity index (χ1v) is 7.80. The minimum atomic E-state index is -3.13. The van der Waals surface area contributed by atoms with Crippen LogP contribution in [0, 0.1) is 0 Å². The van der Waals surface area contributed by atoms with E-state index in [9.17, 15) is 13.2 Å². The molecule has 3 atom stereocenters. The normalized spacial score (nSPS) is 35.3. The molecule has 0 bridgehead atoms. The fourth-order valence-electron chi connectivity index (χ4n) is 2.33. The van der Waals surface area contributed by atoms with E-state index < -0.39 is 27.5 Å². The Hall–Kier alpha value is -0.660. The first kappa shape index (κ1) is 13.8. The molecule has 6 nitrogen and oxygen atoms in total. The number of esters is 1. The van der Waals surface area contributed by atoms with Gasteiger partial charge in [-0.2, -0.15) is 0 Å². The predicted octanol–water partition coefficient (Wildman–Crippen LogP) is 0.258. The molecule has 2 fully saturated rings. The molecule has 0 spiro atoms. The van der Waals surface area contributed by atoms with Crippen LogP contribution in [-0.2, 0) is 28.8 Å². The van der Waals surface area contributed by atoms with Crippen LogP contribution >= 0.6 is 0 Å². The highest BCUT2D eigenvalue weighted by atomic mass is 32.2. The Labute approximate surface area is 107 Å². The molecule has 0 aromatic rings. The van der Waals surface area contributed by atoms with Gasteiger partial charge in [-0.1, -0.05) is 6.42 Å². The molecule has 18 heavy (non-hydrogen) atoms. The Morgan fingerprint density at radius 2 is 2.17 bits per heavy atom. The lowest BCUT2D eigenvalue weighted by Crippen LogP contribution is -2.39. The monoisotopic (exact) mass is 278 g/mol. The van der Waals surface area contributed by atoms with Gasteiger partial charge in [-0.25, -0.2) is 8.42 Å². The Morgan fingerprint density at radius 3 is 2.83 bits per heavy atom. The van der Waals surface area contributed by atoms with Crippen molar-refractivity contribution in [1.82, 2.24) is 0 Å². The van der Waals surface area contributed by atoms with Gasteiger partial charge in [0.1, 0.15) is 5.25 Å². The van der Waals surface area contributed by atoms with Gasteiger partial charge in [-0.3, -0.25) is 4.79 Å². The summed E-state index contributed by atoms with van der Waals surface area (Å²) in [6, 6.07) is 0. The number of sulfone groups is 1. The molecule has 2 aliphatic rings. The van der Waals surface area contributed by atoms with E-state index in [1.807, 2.05) is 0 Å². The average molecular weight is 278 g/mol. The first-order chi connectivity index (χ1) is 8.53. The van der Waals surface area contributed by atoms with Crippen molar-refractivity contribution < 1.29 is 27.4 Å². The second-order valence-electron chi connectivity index (χ2n) is 4.64. The largest absolute Gasteiger partial charge is 0.469 e. The van der Waals surface area contributed by atoms with E-state index in [1.54, 1.807) is 0 Å². The van der Waals surface area contributed by atoms with Crippen molar-refractivity contribution in [3.05, 3.63) is 0 Å². The van der Waals surface area contributed by atoms with Crippen LogP contribution in [0.4, 0.5) is 0 Å². The predicted molar refractivity (Wildman–Crippen MR) is 62.7 cm³/mol. The Kier molecular flexibility index (Phi) is 4.24. The average Bonchev–Trinajstić information content (AvgIpc) is 2.76. The van der Waals surface area contributed by atoms with Crippen LogP contribution in [0.3, 0.4) is 0 Å². The molecule has 0 aromatic heterocycles. The highest BCUT2D eigenvalue weighted by Crippen LogP contribution is 2.28. The highest BCUT2D eigenvalue weighted by Gasteiger charge is 2.41. The van der Waals surface area contributed by atoms with Crippen molar-refractivity contribution in [3.63, 3.8) is 0 Å². The maximum atomic E-state index is 11.9. The molecule has 2 saturated heterocycles. The third-order valence-electron chi connectivity index (χ3n) is 3.33. The molecular weight excluding hydrogens is 260 g/mol. The maximum absolute atomic E-state index is 11.9. The van der Waals surface area contributed by atoms with Gasteiger partial charge in [0.05, 0.1) is 32.0 Å². The van der Waals surface area contributed by atoms with E-state index in [4.69, 9.17) is 9.47 Å². The minimum Gasteiger partial charge on any atom is -0.469 e. The second kappa shape index (κ2) is 5.54. The number of hydrogen-bond acceptors (Lipinski definition) is 6. The van der Waals surface area contributed by atoms with Crippen molar-refractivity contribution in [2.24, 2.45) is 0 Å². The molecule has 3 unspecified atom stereocenters. The Bertz CT molecular complexity index is 404. The van der Waals surface area contributed by atoms with Crippen LogP contribution in [-0.4, -0.2) is 51.5 Å². The molecule has 0 saturated carbocycles. The van der Waals surface area contributed by atoms with E-state index in [1.165, 1.54) is 7.11 Å². The standard InChI is InChI=1S/C11H18O6S/c1-15-10(12)6-8-7-16-11(17-8)9-4-2-3-5-18(9,13)14/h8-9,11H,2-7H2,1H3. The SMILES string of the molecule is COC(=O)CC1COC(C2CCCCS2(=O)=O)O1. The van der Waals surface area contributed by atoms with Crippen LogP contribution in [0.15, 0.2) is 0 Å². The smallest absolute Gasteiger partial charge is 0.308 e. The molecule has 2 heterocycles. The zero-order valence-electron chi connectivity index (χ0n) is 10.3. The molecule has 2 aliphatic heterocycles. The molecule has 0 amide bonds. The van der Waals surface area contributed by atoms with Crippen LogP contribution in [0.2, 0.25) is 0 Å². The summed E-state index contributed by atoms with van der Waals surface area (Å²) in [4.78, 5) is 11.1. The first-order valence-electron chi connectivity index (χ1n) is 6.08. The topological polar surface area (TPSA) is 78.9 Å². The summed E-state index contributed by atoms with van der Waals surface area (Å²) in [7, 11) is -1.82. The minimum absolute atomic E-state index is 0.0970. The lowest BCUT2D eigenvalue weighted by molar-refractivity contribution is -0.143. The van der Waals surface area contributed by atoms with Crippen molar-refractivity contribution in [1.29, 1.82) is 0 Å². The molecule has 2 rings (SSSR count). The third-order valence-corrected chi connectivity index (χ3v) is 5.57. The Morgan fingerprint density at radius 1 is 1.39 bits per heavy atom. The molecule has 0 radical (unpaired) electrons. The van der Waals surface area contributed by atoms with Crippen molar-refractivity contribution in [2.45, 2.75) is 43.3 Å². The van der Waals surface area contributed by atoms with E-state index >= 15 is 0 Å².